The molecule has 13 heteroatoms. The Bertz CT molecular complexity index is 1430. The number of carbonyl (C=O) groups is 3. The molecule has 0 bridgehead atoms. The number of alkyl halides is 2. The highest BCUT2D eigenvalue weighted by molar-refractivity contribution is 6.53. The van der Waals surface area contributed by atoms with Gasteiger partial charge in [-0.15, -0.1) is 23.2 Å². The van der Waals surface area contributed by atoms with Gasteiger partial charge in [-0.2, -0.15) is 0 Å². The Morgan fingerprint density at radius 2 is 1.53 bits per heavy atom. The molecule has 7 nitrogen and oxygen atoms in total. The fourth-order valence-electron chi connectivity index (χ4n) is 3.83. The SMILES string of the molecule is CNC(=O)Oc1cc(NC(=O)c2cc(NC(=O)C3C(c4cc(Cl)cc(Cl)c4)C3(Cl)Cl)ccc2Cl)ccc1F. The summed E-state index contributed by atoms with van der Waals surface area (Å²) in [5.41, 5.74) is 1.02. The van der Waals surface area contributed by atoms with Gasteiger partial charge in [-0.25, -0.2) is 9.18 Å². The maximum Gasteiger partial charge on any atom is 0.412 e. The summed E-state index contributed by atoms with van der Waals surface area (Å²) in [6.45, 7) is 0. The summed E-state index contributed by atoms with van der Waals surface area (Å²) in [6.07, 6.45) is -0.881. The minimum Gasteiger partial charge on any atom is -0.407 e. The van der Waals surface area contributed by atoms with E-state index in [9.17, 15) is 18.8 Å². The molecule has 3 N–H and O–H groups in total. The first-order valence-electron chi connectivity index (χ1n) is 10.9. The van der Waals surface area contributed by atoms with Crippen molar-refractivity contribution in [3.05, 3.63) is 86.6 Å². The van der Waals surface area contributed by atoms with Crippen LogP contribution in [0, 0.1) is 11.7 Å². The van der Waals surface area contributed by atoms with Crippen LogP contribution < -0.4 is 20.7 Å². The van der Waals surface area contributed by atoms with E-state index in [1.54, 1.807) is 18.2 Å². The van der Waals surface area contributed by atoms with E-state index >= 15 is 0 Å². The fourth-order valence-corrected chi connectivity index (χ4v) is 5.40. The normalized spacial score (nSPS) is 17.3. The molecule has 3 aromatic carbocycles. The van der Waals surface area contributed by atoms with Crippen molar-refractivity contribution in [2.24, 2.45) is 5.92 Å². The van der Waals surface area contributed by atoms with Crippen LogP contribution in [-0.4, -0.2) is 29.3 Å². The molecule has 1 fully saturated rings. The highest BCUT2D eigenvalue weighted by Gasteiger charge is 2.67. The summed E-state index contributed by atoms with van der Waals surface area (Å²) >= 11 is 31.2. The quantitative estimate of drug-likeness (QED) is 0.253. The lowest BCUT2D eigenvalue weighted by atomic mass is 10.1. The van der Waals surface area contributed by atoms with Gasteiger partial charge < -0.3 is 20.7 Å². The van der Waals surface area contributed by atoms with Gasteiger partial charge >= 0.3 is 6.09 Å². The number of hydrogen-bond acceptors (Lipinski definition) is 4. The van der Waals surface area contributed by atoms with Crippen molar-refractivity contribution < 1.29 is 23.5 Å². The number of rotatable bonds is 6. The Balaban J connectivity index is 1.49. The van der Waals surface area contributed by atoms with Crippen LogP contribution in [0.3, 0.4) is 0 Å². The van der Waals surface area contributed by atoms with Gasteiger partial charge in [-0.1, -0.05) is 34.8 Å². The summed E-state index contributed by atoms with van der Waals surface area (Å²) in [7, 11) is 1.32. The minimum atomic E-state index is -1.39. The van der Waals surface area contributed by atoms with Crippen LogP contribution in [0.4, 0.5) is 20.6 Å². The maximum atomic E-state index is 14.0. The van der Waals surface area contributed by atoms with Crippen molar-refractivity contribution in [2.45, 2.75) is 10.3 Å². The summed E-state index contributed by atoms with van der Waals surface area (Å²) in [5.74, 6) is -3.71. The van der Waals surface area contributed by atoms with Crippen LogP contribution in [0.25, 0.3) is 0 Å². The van der Waals surface area contributed by atoms with Gasteiger partial charge in [0.2, 0.25) is 5.91 Å². The summed E-state index contributed by atoms with van der Waals surface area (Å²) in [6, 6.07) is 12.5. The van der Waals surface area contributed by atoms with Gasteiger partial charge in [0, 0.05) is 40.5 Å². The van der Waals surface area contributed by atoms with Gasteiger partial charge in [0.1, 0.15) is 4.33 Å². The Morgan fingerprint density at radius 3 is 2.18 bits per heavy atom. The predicted molar refractivity (Wildman–Crippen MR) is 147 cm³/mol. The molecule has 0 spiro atoms. The molecule has 0 radical (unpaired) electrons. The lowest BCUT2D eigenvalue weighted by Crippen LogP contribution is -2.22. The highest BCUT2D eigenvalue weighted by atomic mass is 35.5. The van der Waals surface area contributed by atoms with E-state index < -0.39 is 39.9 Å². The Kier molecular flexibility index (Phi) is 8.30. The molecule has 1 aliphatic rings. The zero-order valence-corrected chi connectivity index (χ0v) is 23.0. The number of amides is 3. The first-order valence-corrected chi connectivity index (χ1v) is 12.7. The standard InChI is InChI=1S/C25H17Cl5FN3O4/c1-32-24(37)38-19-10-15(3-5-18(19)31)33-22(35)16-9-14(2-4-17(16)28)34-23(36)21-20(25(21,29)30)11-6-12(26)8-13(27)7-11/h2-10,20-21H,1H3,(H,32,37)(H,33,35)(H,34,36). The molecule has 3 aromatic rings. The maximum absolute atomic E-state index is 14.0. The monoisotopic (exact) mass is 617 g/mol. The van der Waals surface area contributed by atoms with Crippen molar-refractivity contribution in [1.82, 2.24) is 5.32 Å². The first kappa shape index (κ1) is 28.3. The second-order valence-electron chi connectivity index (χ2n) is 8.26. The van der Waals surface area contributed by atoms with E-state index in [4.69, 9.17) is 62.7 Å². The lowest BCUT2D eigenvalue weighted by Gasteiger charge is -2.11. The number of nitrogens with one attached hydrogen (secondary N) is 3. The van der Waals surface area contributed by atoms with Crippen LogP contribution in [0.5, 0.6) is 5.75 Å². The zero-order chi connectivity index (χ0) is 27.8. The van der Waals surface area contributed by atoms with Gasteiger partial charge in [0.25, 0.3) is 5.91 Å². The molecule has 198 valence electrons. The molecule has 1 saturated carbocycles. The van der Waals surface area contributed by atoms with Crippen molar-refractivity contribution in [1.29, 1.82) is 0 Å². The molecular formula is C25H17Cl5FN3O4. The van der Waals surface area contributed by atoms with Crippen molar-refractivity contribution in [3.63, 3.8) is 0 Å². The smallest absolute Gasteiger partial charge is 0.407 e. The number of benzene rings is 3. The molecule has 38 heavy (non-hydrogen) atoms. The Hall–Kier alpha value is -2.75. The van der Waals surface area contributed by atoms with Gasteiger partial charge in [0.05, 0.1) is 16.5 Å². The molecule has 1 aliphatic carbocycles. The minimum absolute atomic E-state index is 0.0135. The summed E-state index contributed by atoms with van der Waals surface area (Å²) < 4.78 is 17.4. The van der Waals surface area contributed by atoms with E-state index in [-0.39, 0.29) is 27.7 Å². The number of hydrogen-bond donors (Lipinski definition) is 3. The third-order valence-corrected chi connectivity index (χ3v) is 7.36. The zero-order valence-electron chi connectivity index (χ0n) is 19.3. The molecule has 4 rings (SSSR count). The number of halogens is 6. The third kappa shape index (κ3) is 6.11. The van der Waals surface area contributed by atoms with Gasteiger partial charge in [-0.3, -0.25) is 9.59 Å². The van der Waals surface area contributed by atoms with E-state index in [0.717, 1.165) is 12.1 Å². The van der Waals surface area contributed by atoms with Gasteiger partial charge in [-0.05, 0) is 54.1 Å². The van der Waals surface area contributed by atoms with Crippen LogP contribution in [0.15, 0.2) is 54.6 Å². The largest absolute Gasteiger partial charge is 0.412 e. The molecule has 0 heterocycles. The van der Waals surface area contributed by atoms with E-state index in [2.05, 4.69) is 16.0 Å². The number of carbonyl (C=O) groups excluding carboxylic acids is 3. The van der Waals surface area contributed by atoms with Crippen LogP contribution in [0.2, 0.25) is 15.1 Å². The summed E-state index contributed by atoms with van der Waals surface area (Å²) in [4.78, 5) is 37.3. The molecular weight excluding hydrogens is 603 g/mol. The van der Waals surface area contributed by atoms with E-state index in [1.807, 2.05) is 0 Å². The molecule has 2 atom stereocenters. The first-order chi connectivity index (χ1) is 17.9. The van der Waals surface area contributed by atoms with Gasteiger partial charge in [0.15, 0.2) is 11.6 Å². The second kappa shape index (κ2) is 11.2. The molecule has 0 aromatic heterocycles. The van der Waals surface area contributed by atoms with Crippen molar-refractivity contribution in [3.8, 4) is 5.75 Å². The lowest BCUT2D eigenvalue weighted by molar-refractivity contribution is -0.117. The van der Waals surface area contributed by atoms with Crippen molar-refractivity contribution in [2.75, 3.05) is 17.7 Å². The topological polar surface area (TPSA) is 96.5 Å². The Labute approximate surface area is 241 Å². The molecule has 3 amide bonds. The number of ether oxygens (including phenoxy) is 1. The Morgan fingerprint density at radius 1 is 0.895 bits per heavy atom. The fraction of sp³-hybridized carbons (Fsp3) is 0.160. The van der Waals surface area contributed by atoms with Crippen LogP contribution in [0.1, 0.15) is 21.8 Å². The molecule has 2 unspecified atom stereocenters. The molecule has 0 saturated heterocycles. The predicted octanol–water partition coefficient (Wildman–Crippen LogP) is 7.28. The number of anilines is 2. The third-order valence-electron chi connectivity index (χ3n) is 5.65. The highest BCUT2D eigenvalue weighted by Crippen LogP contribution is 2.65. The average Bonchev–Trinajstić information content (AvgIpc) is 3.43. The van der Waals surface area contributed by atoms with E-state index in [1.165, 1.54) is 31.3 Å². The summed E-state index contributed by atoms with van der Waals surface area (Å²) in [5, 5.41) is 8.28. The molecule has 0 aliphatic heterocycles. The van der Waals surface area contributed by atoms with Crippen LogP contribution in [-0.2, 0) is 4.79 Å². The second-order valence-corrected chi connectivity index (χ2v) is 11.0. The van der Waals surface area contributed by atoms with Crippen molar-refractivity contribution >= 4 is 87.3 Å². The van der Waals surface area contributed by atoms with Crippen LogP contribution >= 0.6 is 58.0 Å². The van der Waals surface area contributed by atoms with E-state index in [0.29, 0.717) is 15.6 Å². The average molecular weight is 620 g/mol.